The normalized spacial score (nSPS) is 18.8. The number of aromatic nitrogens is 1. The largest absolute Gasteiger partial charge is 0.411 e. The molecule has 0 saturated carbocycles. The molecular weight excluding hydrogens is 300 g/mol. The lowest BCUT2D eigenvalue weighted by Gasteiger charge is -2.19. The molecule has 1 aliphatic heterocycles. The number of nitrogens with one attached hydrogen (secondary N) is 1. The summed E-state index contributed by atoms with van der Waals surface area (Å²) in [6, 6.07) is 0. The van der Waals surface area contributed by atoms with Gasteiger partial charge in [-0.2, -0.15) is 12.7 Å². The third-order valence-electron chi connectivity index (χ3n) is 3.15. The van der Waals surface area contributed by atoms with E-state index < -0.39 is 10.2 Å². The topological polar surface area (TPSA) is 94.9 Å². The van der Waals surface area contributed by atoms with Gasteiger partial charge in [-0.3, -0.25) is 0 Å². The molecule has 2 heterocycles. The summed E-state index contributed by atoms with van der Waals surface area (Å²) in [6.45, 7) is 2.69. The molecule has 1 aromatic rings. The molecule has 1 fully saturated rings. The fraction of sp³-hybridized carbons (Fsp3) is 0.636. The van der Waals surface area contributed by atoms with Gasteiger partial charge in [0, 0.05) is 18.5 Å². The summed E-state index contributed by atoms with van der Waals surface area (Å²) in [5, 5.41) is 13.6. The van der Waals surface area contributed by atoms with Gasteiger partial charge in [-0.25, -0.2) is 9.71 Å². The molecule has 1 aromatic heterocycles. The molecule has 20 heavy (non-hydrogen) atoms. The fourth-order valence-corrected chi connectivity index (χ4v) is 4.24. The number of hydrogen-bond donors (Lipinski definition) is 2. The molecule has 2 N–H and O–H groups in total. The van der Waals surface area contributed by atoms with Crippen LogP contribution in [0.15, 0.2) is 10.5 Å². The molecule has 0 aliphatic carbocycles. The van der Waals surface area contributed by atoms with Gasteiger partial charge in [-0.05, 0) is 19.8 Å². The maximum absolute atomic E-state index is 12.3. The Balaban J connectivity index is 2.09. The first kappa shape index (κ1) is 15.2. The maximum Gasteiger partial charge on any atom is 0.303 e. The maximum atomic E-state index is 12.3. The van der Waals surface area contributed by atoms with E-state index in [-0.39, 0.29) is 5.13 Å². The number of anilines is 1. The summed E-state index contributed by atoms with van der Waals surface area (Å²) < 4.78 is 28.5. The second-order valence-corrected chi connectivity index (χ2v) is 7.17. The van der Waals surface area contributed by atoms with Crippen LogP contribution < -0.4 is 4.72 Å². The van der Waals surface area contributed by atoms with E-state index in [1.807, 2.05) is 0 Å². The van der Waals surface area contributed by atoms with Crippen LogP contribution in [-0.2, 0) is 10.2 Å². The first-order valence-corrected chi connectivity index (χ1v) is 8.77. The quantitative estimate of drug-likeness (QED) is 0.503. The van der Waals surface area contributed by atoms with Crippen molar-refractivity contribution in [3.8, 4) is 0 Å². The van der Waals surface area contributed by atoms with Crippen molar-refractivity contribution in [2.24, 2.45) is 5.16 Å². The van der Waals surface area contributed by atoms with Gasteiger partial charge in [-0.1, -0.05) is 18.0 Å². The van der Waals surface area contributed by atoms with Gasteiger partial charge in [-0.15, -0.1) is 11.3 Å². The summed E-state index contributed by atoms with van der Waals surface area (Å²) in [6.07, 6.45) is 3.92. The van der Waals surface area contributed by atoms with Gasteiger partial charge >= 0.3 is 10.2 Å². The van der Waals surface area contributed by atoms with Crippen molar-refractivity contribution in [1.82, 2.24) is 9.29 Å². The zero-order valence-corrected chi connectivity index (χ0v) is 12.9. The Hall–Kier alpha value is -1.19. The molecule has 0 bridgehead atoms. The number of rotatable bonds is 4. The Morgan fingerprint density at radius 3 is 2.65 bits per heavy atom. The van der Waals surface area contributed by atoms with E-state index in [4.69, 9.17) is 5.21 Å². The van der Waals surface area contributed by atoms with Crippen molar-refractivity contribution >= 4 is 32.4 Å². The smallest absolute Gasteiger partial charge is 0.303 e. The van der Waals surface area contributed by atoms with Crippen LogP contribution in [0.5, 0.6) is 0 Å². The molecule has 0 radical (unpaired) electrons. The molecule has 112 valence electrons. The fourth-order valence-electron chi connectivity index (χ4n) is 1.99. The first-order chi connectivity index (χ1) is 9.53. The molecule has 1 saturated heterocycles. The first-order valence-electron chi connectivity index (χ1n) is 6.45. The number of hydrogen-bond acceptors (Lipinski definition) is 6. The van der Waals surface area contributed by atoms with Crippen LogP contribution in [0.4, 0.5) is 5.13 Å². The van der Waals surface area contributed by atoms with Gasteiger partial charge in [0.25, 0.3) is 0 Å². The molecule has 0 spiro atoms. The van der Waals surface area contributed by atoms with Crippen LogP contribution in [0.2, 0.25) is 0 Å². The van der Waals surface area contributed by atoms with Crippen molar-refractivity contribution in [1.29, 1.82) is 0 Å². The summed E-state index contributed by atoms with van der Waals surface area (Å²) in [5.41, 5.74) is 0.813. The van der Waals surface area contributed by atoms with Gasteiger partial charge in [0.1, 0.15) is 11.4 Å². The predicted octanol–water partition coefficient (Wildman–Crippen LogP) is 1.87. The monoisotopic (exact) mass is 318 g/mol. The van der Waals surface area contributed by atoms with Gasteiger partial charge in [0.15, 0.2) is 5.13 Å². The molecule has 0 unspecified atom stereocenters. The minimum atomic E-state index is -3.55. The lowest BCUT2D eigenvalue weighted by molar-refractivity contribution is 0.319. The molecule has 9 heteroatoms. The van der Waals surface area contributed by atoms with E-state index in [1.165, 1.54) is 15.6 Å². The average molecular weight is 318 g/mol. The van der Waals surface area contributed by atoms with E-state index in [0.717, 1.165) is 25.7 Å². The number of nitrogens with zero attached hydrogens (tertiary/aromatic N) is 3. The minimum absolute atomic E-state index is 0.284. The zero-order valence-electron chi connectivity index (χ0n) is 11.2. The van der Waals surface area contributed by atoms with Crippen LogP contribution in [0.3, 0.4) is 0 Å². The Morgan fingerprint density at radius 1 is 1.40 bits per heavy atom. The molecule has 2 rings (SSSR count). The van der Waals surface area contributed by atoms with Gasteiger partial charge in [0.2, 0.25) is 0 Å². The highest BCUT2D eigenvalue weighted by Gasteiger charge is 2.24. The van der Waals surface area contributed by atoms with Gasteiger partial charge in [0.05, 0.1) is 0 Å². The number of oxime groups is 1. The summed E-state index contributed by atoms with van der Waals surface area (Å²) in [5.74, 6) is 0. The third kappa shape index (κ3) is 3.68. The van der Waals surface area contributed by atoms with Crippen molar-refractivity contribution < 1.29 is 13.6 Å². The van der Waals surface area contributed by atoms with E-state index in [1.54, 1.807) is 12.3 Å². The van der Waals surface area contributed by atoms with Crippen LogP contribution in [-0.4, -0.2) is 41.7 Å². The van der Waals surface area contributed by atoms with Crippen molar-refractivity contribution in [2.45, 2.75) is 32.6 Å². The zero-order chi connectivity index (χ0) is 14.6. The SMILES string of the molecule is CC(=NO)c1csc(NS(=O)(=O)N2CCCCCC2)n1. The minimum Gasteiger partial charge on any atom is -0.411 e. The van der Waals surface area contributed by atoms with Crippen molar-refractivity contribution in [2.75, 3.05) is 17.8 Å². The molecule has 1 aliphatic rings. The Labute approximate surface area is 122 Å². The Kier molecular flexibility index (Phi) is 4.95. The summed E-state index contributed by atoms with van der Waals surface area (Å²) in [4.78, 5) is 4.10. The second-order valence-electron chi connectivity index (χ2n) is 4.64. The average Bonchev–Trinajstić information content (AvgIpc) is 2.70. The Morgan fingerprint density at radius 2 is 2.05 bits per heavy atom. The van der Waals surface area contributed by atoms with Gasteiger partial charge < -0.3 is 5.21 Å². The van der Waals surface area contributed by atoms with E-state index >= 15 is 0 Å². The molecule has 7 nitrogen and oxygen atoms in total. The van der Waals surface area contributed by atoms with Crippen molar-refractivity contribution in [3.05, 3.63) is 11.1 Å². The van der Waals surface area contributed by atoms with E-state index in [0.29, 0.717) is 24.5 Å². The highest BCUT2D eigenvalue weighted by Crippen LogP contribution is 2.20. The van der Waals surface area contributed by atoms with Crippen LogP contribution >= 0.6 is 11.3 Å². The van der Waals surface area contributed by atoms with Crippen LogP contribution in [0, 0.1) is 0 Å². The van der Waals surface area contributed by atoms with Crippen LogP contribution in [0.25, 0.3) is 0 Å². The molecular formula is C11H18N4O3S2. The predicted molar refractivity (Wildman–Crippen MR) is 78.7 cm³/mol. The van der Waals surface area contributed by atoms with Crippen molar-refractivity contribution in [3.63, 3.8) is 0 Å². The van der Waals surface area contributed by atoms with E-state index in [9.17, 15) is 8.42 Å². The molecule has 0 atom stereocenters. The lowest BCUT2D eigenvalue weighted by Crippen LogP contribution is -2.36. The lowest BCUT2D eigenvalue weighted by atomic mass is 10.2. The third-order valence-corrected chi connectivity index (χ3v) is 5.53. The standard InChI is InChI=1S/C11H18N4O3S2/c1-9(13-16)10-8-19-11(12-10)14-20(17,18)15-6-4-2-3-5-7-15/h8,16H,2-7H2,1H3,(H,12,14). The van der Waals surface area contributed by atoms with E-state index in [2.05, 4.69) is 14.9 Å². The summed E-state index contributed by atoms with van der Waals surface area (Å²) >= 11 is 1.17. The summed E-state index contributed by atoms with van der Waals surface area (Å²) in [7, 11) is -3.55. The molecule has 0 amide bonds. The Bertz CT molecular complexity index is 574. The highest BCUT2D eigenvalue weighted by atomic mass is 32.2. The highest BCUT2D eigenvalue weighted by molar-refractivity contribution is 7.90. The molecule has 0 aromatic carbocycles. The second kappa shape index (κ2) is 6.51. The number of thiazole rings is 1. The van der Waals surface area contributed by atoms with Crippen LogP contribution in [0.1, 0.15) is 38.3 Å².